The van der Waals surface area contributed by atoms with Gasteiger partial charge in [0.15, 0.2) is 0 Å². The first-order valence-corrected chi connectivity index (χ1v) is 6.67. The summed E-state index contributed by atoms with van der Waals surface area (Å²) in [7, 11) is 0. The molecule has 23 heavy (non-hydrogen) atoms. The van der Waals surface area contributed by atoms with E-state index in [1.165, 1.54) is 0 Å². The van der Waals surface area contributed by atoms with Crippen LogP contribution in [0.1, 0.15) is 17.3 Å². The second-order valence-corrected chi connectivity index (χ2v) is 4.92. The van der Waals surface area contributed by atoms with Crippen molar-refractivity contribution in [3.8, 4) is 11.4 Å². The van der Waals surface area contributed by atoms with E-state index in [4.69, 9.17) is 10.8 Å². The molecule has 0 radical (unpaired) electrons. The first-order valence-electron chi connectivity index (χ1n) is 6.67. The number of aromatic carboxylic acids is 1. The van der Waals surface area contributed by atoms with Gasteiger partial charge in [0, 0.05) is 5.56 Å². The highest BCUT2D eigenvalue weighted by Crippen LogP contribution is 2.24. The molecule has 0 atom stereocenters. The molecule has 0 bridgehead atoms. The van der Waals surface area contributed by atoms with Crippen molar-refractivity contribution in [1.82, 2.24) is 9.97 Å². The Morgan fingerprint density at radius 3 is 2.52 bits per heavy atom. The van der Waals surface area contributed by atoms with E-state index in [-0.39, 0.29) is 18.0 Å². The Morgan fingerprint density at radius 1 is 1.22 bits per heavy atom. The van der Waals surface area contributed by atoms with E-state index in [1.807, 2.05) is 18.2 Å². The van der Waals surface area contributed by atoms with Crippen molar-refractivity contribution < 1.29 is 9.90 Å². The van der Waals surface area contributed by atoms with Gasteiger partial charge in [-0.25, -0.2) is 14.8 Å². The maximum absolute atomic E-state index is 10.9. The minimum atomic E-state index is -0.948. The predicted octanol–water partition coefficient (Wildman–Crippen LogP) is 3.36. The van der Waals surface area contributed by atoms with Crippen LogP contribution in [0.25, 0.3) is 22.4 Å². The summed E-state index contributed by atoms with van der Waals surface area (Å²) in [5, 5.41) is 8.92. The molecule has 6 nitrogen and oxygen atoms in total. The lowest BCUT2D eigenvalue weighted by atomic mass is 10.1. The molecule has 0 saturated carbocycles. The SMILES string of the molecule is CC(N)=Nc1ccc2nc(-c3ccc(C(=O)O)cc3)[nH]c2c1.Cl. The van der Waals surface area contributed by atoms with Crippen LogP contribution in [0.5, 0.6) is 0 Å². The lowest BCUT2D eigenvalue weighted by Gasteiger charge is -1.97. The number of nitrogens with zero attached hydrogens (tertiary/aromatic N) is 2. The number of fused-ring (bicyclic) bond motifs is 1. The highest BCUT2D eigenvalue weighted by molar-refractivity contribution is 5.89. The minimum absolute atomic E-state index is 0. The van der Waals surface area contributed by atoms with Gasteiger partial charge in [0.05, 0.1) is 28.1 Å². The van der Waals surface area contributed by atoms with Crippen LogP contribution in [0.15, 0.2) is 47.5 Å². The molecule has 0 aliphatic carbocycles. The highest BCUT2D eigenvalue weighted by atomic mass is 35.5. The van der Waals surface area contributed by atoms with E-state index < -0.39 is 5.97 Å². The molecule has 1 aromatic heterocycles. The van der Waals surface area contributed by atoms with Crippen molar-refractivity contribution in [1.29, 1.82) is 0 Å². The summed E-state index contributed by atoms with van der Waals surface area (Å²) in [5.74, 6) is 0.219. The standard InChI is InChI=1S/C16H14N4O2.ClH/c1-9(17)18-12-6-7-13-14(8-12)20-15(19-13)10-2-4-11(5-3-10)16(21)22;/h2-8H,1H3,(H2,17,18)(H,19,20)(H,21,22);1H. The molecule has 0 saturated heterocycles. The first-order chi connectivity index (χ1) is 10.5. The van der Waals surface area contributed by atoms with Gasteiger partial charge in [0.1, 0.15) is 5.82 Å². The molecule has 0 fully saturated rings. The number of carbonyl (C=O) groups is 1. The number of nitrogens with one attached hydrogen (secondary N) is 1. The number of carboxylic acids is 1. The summed E-state index contributed by atoms with van der Waals surface area (Å²) < 4.78 is 0. The van der Waals surface area contributed by atoms with Gasteiger partial charge >= 0.3 is 5.97 Å². The Bertz CT molecular complexity index is 881. The molecular weight excluding hydrogens is 316 g/mol. The van der Waals surface area contributed by atoms with Gasteiger partial charge in [-0.3, -0.25) is 0 Å². The van der Waals surface area contributed by atoms with Crippen LogP contribution in [0.3, 0.4) is 0 Å². The molecule has 2 aromatic carbocycles. The summed E-state index contributed by atoms with van der Waals surface area (Å²) in [6.45, 7) is 1.73. The van der Waals surface area contributed by atoms with E-state index in [0.29, 0.717) is 11.7 Å². The smallest absolute Gasteiger partial charge is 0.335 e. The Hall–Kier alpha value is -2.86. The van der Waals surface area contributed by atoms with Crippen molar-refractivity contribution >= 4 is 40.9 Å². The number of nitrogens with two attached hydrogens (primary N) is 1. The lowest BCUT2D eigenvalue weighted by molar-refractivity contribution is 0.0697. The Balaban J connectivity index is 0.00000192. The average Bonchev–Trinajstić information content (AvgIpc) is 2.90. The number of aromatic amines is 1. The molecule has 7 heteroatoms. The molecule has 0 unspecified atom stereocenters. The fraction of sp³-hybridized carbons (Fsp3) is 0.0625. The first kappa shape index (κ1) is 16.5. The van der Waals surface area contributed by atoms with Gasteiger partial charge in [0.2, 0.25) is 0 Å². The maximum Gasteiger partial charge on any atom is 0.335 e. The predicted molar refractivity (Wildman–Crippen MR) is 92.7 cm³/mol. The van der Waals surface area contributed by atoms with Crippen molar-refractivity contribution in [3.05, 3.63) is 48.0 Å². The van der Waals surface area contributed by atoms with E-state index >= 15 is 0 Å². The van der Waals surface area contributed by atoms with Gasteiger partial charge < -0.3 is 15.8 Å². The number of rotatable bonds is 3. The number of hydrogen-bond acceptors (Lipinski definition) is 3. The van der Waals surface area contributed by atoms with Crippen molar-refractivity contribution in [2.24, 2.45) is 10.7 Å². The van der Waals surface area contributed by atoms with Crippen molar-refractivity contribution in [2.45, 2.75) is 6.92 Å². The van der Waals surface area contributed by atoms with Gasteiger partial charge in [-0.1, -0.05) is 12.1 Å². The highest BCUT2D eigenvalue weighted by Gasteiger charge is 2.07. The number of H-pyrrole nitrogens is 1. The van der Waals surface area contributed by atoms with Gasteiger partial charge in [-0.2, -0.15) is 0 Å². The molecule has 118 valence electrons. The van der Waals surface area contributed by atoms with Gasteiger partial charge in [0.25, 0.3) is 0 Å². The van der Waals surface area contributed by atoms with E-state index in [1.54, 1.807) is 31.2 Å². The summed E-state index contributed by atoms with van der Waals surface area (Å²) in [6, 6.07) is 12.1. The largest absolute Gasteiger partial charge is 0.478 e. The topological polar surface area (TPSA) is 104 Å². The molecule has 4 N–H and O–H groups in total. The van der Waals surface area contributed by atoms with Crippen LogP contribution < -0.4 is 5.73 Å². The van der Waals surface area contributed by atoms with Crippen LogP contribution in [0.2, 0.25) is 0 Å². The minimum Gasteiger partial charge on any atom is -0.478 e. The zero-order valence-corrected chi connectivity index (χ0v) is 13.1. The zero-order valence-electron chi connectivity index (χ0n) is 12.3. The number of carboxylic acid groups (broad SMARTS) is 1. The van der Waals surface area contributed by atoms with E-state index in [2.05, 4.69) is 15.0 Å². The molecule has 1 heterocycles. The number of amidine groups is 1. The molecule has 0 aliphatic heterocycles. The third kappa shape index (κ3) is 3.49. The average molecular weight is 331 g/mol. The second kappa shape index (κ2) is 6.50. The number of aliphatic imine (C=N–C) groups is 1. The summed E-state index contributed by atoms with van der Waals surface area (Å²) >= 11 is 0. The van der Waals surface area contributed by atoms with Crippen LogP contribution in [-0.4, -0.2) is 26.9 Å². The third-order valence-corrected chi connectivity index (χ3v) is 3.18. The number of imidazole rings is 1. The molecule has 0 spiro atoms. The summed E-state index contributed by atoms with van der Waals surface area (Å²) in [5.41, 5.74) is 9.06. The molecule has 0 amide bonds. The number of halogens is 1. The van der Waals surface area contributed by atoms with E-state index in [9.17, 15) is 4.79 Å². The van der Waals surface area contributed by atoms with Crippen LogP contribution in [-0.2, 0) is 0 Å². The normalized spacial score (nSPS) is 11.3. The van der Waals surface area contributed by atoms with Gasteiger partial charge in [-0.15, -0.1) is 12.4 Å². The molecular formula is C16H15ClN4O2. The summed E-state index contributed by atoms with van der Waals surface area (Å²) in [4.78, 5) is 22.8. The van der Waals surface area contributed by atoms with Crippen LogP contribution >= 0.6 is 12.4 Å². The fourth-order valence-corrected chi connectivity index (χ4v) is 2.18. The summed E-state index contributed by atoms with van der Waals surface area (Å²) in [6.07, 6.45) is 0. The number of hydrogen-bond donors (Lipinski definition) is 3. The molecule has 0 aliphatic rings. The number of aromatic nitrogens is 2. The van der Waals surface area contributed by atoms with Gasteiger partial charge in [-0.05, 0) is 37.3 Å². The van der Waals surface area contributed by atoms with Crippen LogP contribution in [0, 0.1) is 0 Å². The van der Waals surface area contributed by atoms with E-state index in [0.717, 1.165) is 22.3 Å². The zero-order chi connectivity index (χ0) is 15.7. The second-order valence-electron chi connectivity index (χ2n) is 4.92. The van der Waals surface area contributed by atoms with Crippen molar-refractivity contribution in [3.63, 3.8) is 0 Å². The molecule has 3 rings (SSSR count). The third-order valence-electron chi connectivity index (χ3n) is 3.18. The Kier molecular flexibility index (Phi) is 4.66. The van der Waals surface area contributed by atoms with Crippen molar-refractivity contribution in [2.75, 3.05) is 0 Å². The monoisotopic (exact) mass is 330 g/mol. The quantitative estimate of drug-likeness (QED) is 0.506. The maximum atomic E-state index is 10.9. The fourth-order valence-electron chi connectivity index (χ4n) is 2.18. The lowest BCUT2D eigenvalue weighted by Crippen LogP contribution is -2.03. The van der Waals surface area contributed by atoms with Crippen LogP contribution in [0.4, 0.5) is 5.69 Å². The Labute approximate surface area is 138 Å². The number of benzene rings is 2. The Morgan fingerprint density at radius 2 is 1.91 bits per heavy atom. The molecule has 3 aromatic rings.